The first-order valence-corrected chi connectivity index (χ1v) is 10.4. The van der Waals surface area contributed by atoms with Crippen molar-refractivity contribution in [2.45, 2.75) is 12.8 Å². The molecule has 1 aliphatic rings. The fourth-order valence-electron chi connectivity index (χ4n) is 3.71. The Bertz CT molecular complexity index is 982. The van der Waals surface area contributed by atoms with Crippen LogP contribution in [0.1, 0.15) is 12.2 Å². The van der Waals surface area contributed by atoms with Crippen molar-refractivity contribution in [3.63, 3.8) is 0 Å². The van der Waals surface area contributed by atoms with Crippen LogP contribution in [0.2, 0.25) is 5.02 Å². The molecule has 0 aliphatic carbocycles. The summed E-state index contributed by atoms with van der Waals surface area (Å²) in [6.45, 7) is 4.53. The Morgan fingerprint density at radius 1 is 1.07 bits per heavy atom. The van der Waals surface area contributed by atoms with E-state index in [0.717, 1.165) is 73.7 Å². The molecule has 3 heterocycles. The average molecular weight is 540 g/mol. The van der Waals surface area contributed by atoms with Gasteiger partial charge in [0.25, 0.3) is 0 Å². The molecule has 0 bridgehead atoms. The zero-order chi connectivity index (χ0) is 20.1. The molecule has 9 heteroatoms. The Labute approximate surface area is 199 Å². The summed E-state index contributed by atoms with van der Waals surface area (Å²) in [4.78, 5) is 9.11. The molecule has 0 amide bonds. The van der Waals surface area contributed by atoms with Crippen molar-refractivity contribution < 1.29 is 0 Å². The van der Waals surface area contributed by atoms with E-state index in [0.29, 0.717) is 0 Å². The summed E-state index contributed by atoms with van der Waals surface area (Å²) >= 11 is 6.34. The molecule has 1 aromatic carbocycles. The highest BCUT2D eigenvalue weighted by atomic mass is 127. The first-order chi connectivity index (χ1) is 14.3. The fourth-order valence-corrected chi connectivity index (χ4v) is 3.96. The highest BCUT2D eigenvalue weighted by molar-refractivity contribution is 14.0. The summed E-state index contributed by atoms with van der Waals surface area (Å²) in [5, 5.41) is 12.8. The van der Waals surface area contributed by atoms with Gasteiger partial charge in [0.05, 0.1) is 10.7 Å². The van der Waals surface area contributed by atoms with E-state index in [1.54, 1.807) is 0 Å². The molecule has 30 heavy (non-hydrogen) atoms. The number of guanidine groups is 1. The summed E-state index contributed by atoms with van der Waals surface area (Å²) in [5.74, 6) is 1.95. The van der Waals surface area contributed by atoms with Crippen molar-refractivity contribution in [2.24, 2.45) is 4.99 Å². The van der Waals surface area contributed by atoms with Gasteiger partial charge in [-0.3, -0.25) is 9.39 Å². The topological polar surface area (TPSA) is 61.1 Å². The van der Waals surface area contributed by atoms with Crippen LogP contribution in [0.3, 0.4) is 0 Å². The third-order valence-electron chi connectivity index (χ3n) is 5.23. The van der Waals surface area contributed by atoms with Crippen molar-refractivity contribution >= 4 is 52.9 Å². The molecule has 1 fully saturated rings. The largest absolute Gasteiger partial charge is 0.367 e. The van der Waals surface area contributed by atoms with Gasteiger partial charge in [0.1, 0.15) is 5.82 Å². The number of para-hydroxylation sites is 1. The first-order valence-electron chi connectivity index (χ1n) is 10.00. The molecule has 1 aliphatic heterocycles. The minimum Gasteiger partial charge on any atom is -0.367 e. The van der Waals surface area contributed by atoms with Crippen molar-refractivity contribution in [2.75, 3.05) is 44.7 Å². The molecule has 4 rings (SSSR count). The van der Waals surface area contributed by atoms with Gasteiger partial charge in [0.15, 0.2) is 11.6 Å². The third-order valence-corrected chi connectivity index (χ3v) is 5.55. The summed E-state index contributed by atoms with van der Waals surface area (Å²) in [7, 11) is 1.84. The second-order valence-electron chi connectivity index (χ2n) is 7.05. The average Bonchev–Trinajstić information content (AvgIpc) is 3.18. The summed E-state index contributed by atoms with van der Waals surface area (Å²) in [5.41, 5.74) is 2.00. The lowest BCUT2D eigenvalue weighted by Gasteiger charge is -2.38. The number of nitrogens with zero attached hydrogens (tertiary/aromatic N) is 6. The third kappa shape index (κ3) is 5.15. The second kappa shape index (κ2) is 10.8. The maximum atomic E-state index is 6.34. The van der Waals surface area contributed by atoms with E-state index >= 15 is 0 Å². The van der Waals surface area contributed by atoms with Crippen LogP contribution < -0.4 is 10.2 Å². The van der Waals surface area contributed by atoms with E-state index in [-0.39, 0.29) is 24.0 Å². The molecule has 0 atom stereocenters. The maximum Gasteiger partial charge on any atom is 0.193 e. The van der Waals surface area contributed by atoms with Gasteiger partial charge in [-0.1, -0.05) is 29.8 Å². The predicted molar refractivity (Wildman–Crippen MR) is 133 cm³/mol. The van der Waals surface area contributed by atoms with Crippen LogP contribution in [0, 0.1) is 0 Å². The number of rotatable bonds is 5. The number of halogens is 2. The lowest BCUT2D eigenvalue weighted by atomic mass is 10.2. The maximum absolute atomic E-state index is 6.34. The van der Waals surface area contributed by atoms with Crippen LogP contribution in [0.25, 0.3) is 5.65 Å². The predicted octanol–water partition coefficient (Wildman–Crippen LogP) is 3.33. The normalized spacial score (nSPS) is 14.7. The van der Waals surface area contributed by atoms with Crippen molar-refractivity contribution in [3.05, 3.63) is 59.5 Å². The molecule has 3 aromatic rings. The van der Waals surface area contributed by atoms with Crippen LogP contribution >= 0.6 is 35.6 Å². The van der Waals surface area contributed by atoms with Gasteiger partial charge in [0.2, 0.25) is 0 Å². The molecule has 0 saturated carbocycles. The number of nitrogens with one attached hydrogen (secondary N) is 1. The van der Waals surface area contributed by atoms with Gasteiger partial charge in [-0.15, -0.1) is 34.2 Å². The molecular formula is C21H27ClIN7. The highest BCUT2D eigenvalue weighted by Crippen LogP contribution is 2.26. The molecule has 1 saturated heterocycles. The number of aliphatic imine (C=N–C) groups is 1. The number of hydrogen-bond acceptors (Lipinski definition) is 4. The molecule has 0 spiro atoms. The summed E-state index contributed by atoms with van der Waals surface area (Å²) in [6, 6.07) is 14.0. The lowest BCUT2D eigenvalue weighted by molar-refractivity contribution is 0.372. The van der Waals surface area contributed by atoms with E-state index < -0.39 is 0 Å². The number of fused-ring (bicyclic) bond motifs is 1. The van der Waals surface area contributed by atoms with Gasteiger partial charge < -0.3 is 15.1 Å². The number of benzene rings is 1. The smallest absolute Gasteiger partial charge is 0.193 e. The van der Waals surface area contributed by atoms with Gasteiger partial charge in [-0.05, 0) is 30.7 Å². The number of aryl methyl sites for hydroxylation is 1. The van der Waals surface area contributed by atoms with Crippen LogP contribution in [0.5, 0.6) is 0 Å². The number of pyridine rings is 1. The Morgan fingerprint density at radius 3 is 2.60 bits per heavy atom. The van der Waals surface area contributed by atoms with Crippen molar-refractivity contribution in [1.82, 2.24) is 24.8 Å². The Kier molecular flexibility index (Phi) is 8.15. The fraction of sp³-hybridized carbons (Fsp3) is 0.381. The number of piperazine rings is 1. The van der Waals surface area contributed by atoms with E-state index in [1.165, 1.54) is 0 Å². The summed E-state index contributed by atoms with van der Waals surface area (Å²) < 4.78 is 2.04. The standard InChI is InChI=1S/C21H26ClN7.HI/c1-23-21(24-11-6-10-20-26-25-19-9-4-5-12-29(19)20)28-15-13-27(14-16-28)18-8-3-2-7-17(18)22;/h2-5,7-9,12H,6,10-11,13-16H2,1H3,(H,23,24);1H. The molecular weight excluding hydrogens is 513 g/mol. The highest BCUT2D eigenvalue weighted by Gasteiger charge is 2.20. The van der Waals surface area contributed by atoms with Gasteiger partial charge in [-0.2, -0.15) is 0 Å². The van der Waals surface area contributed by atoms with Crippen LogP contribution in [-0.4, -0.2) is 65.2 Å². The van der Waals surface area contributed by atoms with E-state index in [4.69, 9.17) is 11.6 Å². The minimum atomic E-state index is 0. The van der Waals surface area contributed by atoms with Crippen molar-refractivity contribution in [3.8, 4) is 0 Å². The first kappa shape index (κ1) is 22.6. The molecule has 0 unspecified atom stereocenters. The molecule has 7 nitrogen and oxygen atoms in total. The van der Waals surface area contributed by atoms with E-state index in [1.807, 2.05) is 54.0 Å². The SMILES string of the molecule is CN=C(NCCCc1nnc2ccccn12)N1CCN(c2ccccc2Cl)CC1.I. The molecule has 1 N–H and O–H groups in total. The van der Waals surface area contributed by atoms with E-state index in [9.17, 15) is 0 Å². The Hall–Kier alpha value is -2.07. The number of aromatic nitrogens is 3. The zero-order valence-electron chi connectivity index (χ0n) is 17.0. The minimum absolute atomic E-state index is 0. The van der Waals surface area contributed by atoms with Gasteiger partial charge in [-0.25, -0.2) is 0 Å². The van der Waals surface area contributed by atoms with Crippen LogP contribution in [-0.2, 0) is 6.42 Å². The number of anilines is 1. The Morgan fingerprint density at radius 2 is 1.83 bits per heavy atom. The second-order valence-corrected chi connectivity index (χ2v) is 7.46. The van der Waals surface area contributed by atoms with Gasteiger partial charge >= 0.3 is 0 Å². The van der Waals surface area contributed by atoms with Crippen LogP contribution in [0.15, 0.2) is 53.7 Å². The molecule has 2 aromatic heterocycles. The van der Waals surface area contributed by atoms with Crippen molar-refractivity contribution in [1.29, 1.82) is 0 Å². The quantitative estimate of drug-likeness (QED) is 0.233. The van der Waals surface area contributed by atoms with E-state index in [2.05, 4.69) is 36.4 Å². The van der Waals surface area contributed by atoms with Gasteiger partial charge in [0, 0.05) is 52.4 Å². The molecule has 0 radical (unpaired) electrons. The number of hydrogen-bond donors (Lipinski definition) is 1. The zero-order valence-corrected chi connectivity index (χ0v) is 20.1. The monoisotopic (exact) mass is 539 g/mol. The molecule has 160 valence electrons. The Balaban J connectivity index is 0.00000256. The van der Waals surface area contributed by atoms with Crippen LogP contribution in [0.4, 0.5) is 5.69 Å². The lowest BCUT2D eigenvalue weighted by Crippen LogP contribution is -2.52. The summed E-state index contributed by atoms with van der Waals surface area (Å²) in [6.07, 6.45) is 3.85.